The van der Waals surface area contributed by atoms with Gasteiger partial charge in [-0.1, -0.05) is 60.7 Å². The van der Waals surface area contributed by atoms with Crippen molar-refractivity contribution in [2.45, 2.75) is 12.5 Å². The van der Waals surface area contributed by atoms with E-state index in [9.17, 15) is 0 Å². The third-order valence-electron chi connectivity index (χ3n) is 3.47. The van der Waals surface area contributed by atoms with E-state index in [1.54, 1.807) is 0 Å². The lowest BCUT2D eigenvalue weighted by Gasteiger charge is -2.28. The lowest BCUT2D eigenvalue weighted by Crippen LogP contribution is -2.31. The minimum Gasteiger partial charge on any atom is -0.329 e. The second-order valence-electron chi connectivity index (χ2n) is 4.89. The molecule has 0 spiro atoms. The molecule has 0 fully saturated rings. The van der Waals surface area contributed by atoms with Crippen molar-refractivity contribution in [1.29, 1.82) is 0 Å². The third kappa shape index (κ3) is 3.91. The molecule has 2 heteroatoms. The van der Waals surface area contributed by atoms with Gasteiger partial charge in [-0.3, -0.25) is 4.90 Å². The van der Waals surface area contributed by atoms with Crippen LogP contribution in [-0.4, -0.2) is 25.0 Å². The quantitative estimate of drug-likeness (QED) is 0.859. The summed E-state index contributed by atoms with van der Waals surface area (Å²) in [6.45, 7) is 1.60. The molecule has 0 aliphatic rings. The molecule has 2 aromatic carbocycles. The van der Waals surface area contributed by atoms with Crippen LogP contribution in [-0.2, 0) is 6.42 Å². The van der Waals surface area contributed by atoms with Gasteiger partial charge in [-0.05, 0) is 24.6 Å². The highest BCUT2D eigenvalue weighted by Gasteiger charge is 2.16. The fourth-order valence-electron chi connectivity index (χ4n) is 2.40. The van der Waals surface area contributed by atoms with Crippen LogP contribution in [0.1, 0.15) is 17.2 Å². The van der Waals surface area contributed by atoms with Gasteiger partial charge in [0.2, 0.25) is 0 Å². The molecule has 0 bridgehead atoms. The van der Waals surface area contributed by atoms with Gasteiger partial charge in [0.15, 0.2) is 0 Å². The van der Waals surface area contributed by atoms with E-state index in [-0.39, 0.29) is 0 Å². The second kappa shape index (κ2) is 7.07. The lowest BCUT2D eigenvalue weighted by atomic mass is 9.98. The topological polar surface area (TPSA) is 29.3 Å². The zero-order valence-electron chi connectivity index (χ0n) is 11.5. The monoisotopic (exact) mass is 254 g/mol. The maximum Gasteiger partial charge on any atom is 0.0385 e. The first-order valence-electron chi connectivity index (χ1n) is 6.80. The minimum atomic E-state index is 0.382. The highest BCUT2D eigenvalue weighted by Crippen LogP contribution is 2.23. The van der Waals surface area contributed by atoms with Crippen molar-refractivity contribution in [2.24, 2.45) is 5.73 Å². The predicted molar refractivity (Wildman–Crippen MR) is 81.0 cm³/mol. The minimum absolute atomic E-state index is 0.382. The Morgan fingerprint density at radius 2 is 1.53 bits per heavy atom. The first kappa shape index (κ1) is 13.8. The second-order valence-corrected chi connectivity index (χ2v) is 4.89. The van der Waals surface area contributed by atoms with Crippen LogP contribution < -0.4 is 5.73 Å². The molecule has 2 rings (SSSR count). The van der Waals surface area contributed by atoms with Gasteiger partial charge in [-0.15, -0.1) is 0 Å². The molecule has 2 nitrogen and oxygen atoms in total. The van der Waals surface area contributed by atoms with Crippen molar-refractivity contribution in [3.05, 3.63) is 71.8 Å². The molecule has 0 heterocycles. The van der Waals surface area contributed by atoms with E-state index in [0.717, 1.165) is 13.0 Å². The van der Waals surface area contributed by atoms with Crippen LogP contribution in [0.5, 0.6) is 0 Å². The molecule has 0 aliphatic carbocycles. The molecule has 0 aromatic heterocycles. The van der Waals surface area contributed by atoms with Crippen molar-refractivity contribution in [1.82, 2.24) is 4.90 Å². The van der Waals surface area contributed by atoms with Crippen molar-refractivity contribution in [2.75, 3.05) is 20.1 Å². The number of rotatable bonds is 6. The Morgan fingerprint density at radius 1 is 0.947 bits per heavy atom. The Kier molecular flexibility index (Phi) is 5.13. The normalized spacial score (nSPS) is 12.6. The number of likely N-dealkylation sites (N-methyl/N-ethyl adjacent to an activating group) is 1. The third-order valence-corrected chi connectivity index (χ3v) is 3.47. The van der Waals surface area contributed by atoms with Crippen LogP contribution in [0, 0.1) is 0 Å². The standard InChI is InChI=1S/C17H22N2/c1-19(13-12-18)17(16-10-6-3-7-11-16)14-15-8-4-2-5-9-15/h2-11,17H,12-14,18H2,1H3. The van der Waals surface area contributed by atoms with Crippen LogP contribution >= 0.6 is 0 Å². The summed E-state index contributed by atoms with van der Waals surface area (Å²) in [5.74, 6) is 0. The molecule has 0 saturated carbocycles. The average Bonchev–Trinajstić information content (AvgIpc) is 2.47. The number of hydrogen-bond acceptors (Lipinski definition) is 2. The number of hydrogen-bond donors (Lipinski definition) is 1. The Hall–Kier alpha value is -1.64. The molecule has 0 aliphatic heterocycles. The summed E-state index contributed by atoms with van der Waals surface area (Å²) in [6.07, 6.45) is 1.02. The SMILES string of the molecule is CN(CCN)C(Cc1ccccc1)c1ccccc1. The van der Waals surface area contributed by atoms with Gasteiger partial charge in [-0.2, -0.15) is 0 Å². The molecular formula is C17H22N2. The van der Waals surface area contributed by atoms with Gasteiger partial charge in [0.25, 0.3) is 0 Å². The Bertz CT molecular complexity index is 467. The molecule has 0 saturated heterocycles. The van der Waals surface area contributed by atoms with Crippen LogP contribution in [0.3, 0.4) is 0 Å². The maximum atomic E-state index is 5.70. The first-order chi connectivity index (χ1) is 9.31. The molecule has 0 radical (unpaired) electrons. The highest BCUT2D eigenvalue weighted by atomic mass is 15.1. The highest BCUT2D eigenvalue weighted by molar-refractivity contribution is 5.23. The first-order valence-corrected chi connectivity index (χ1v) is 6.80. The molecule has 1 atom stereocenters. The molecule has 2 N–H and O–H groups in total. The van der Waals surface area contributed by atoms with E-state index >= 15 is 0 Å². The Morgan fingerprint density at radius 3 is 2.11 bits per heavy atom. The zero-order chi connectivity index (χ0) is 13.5. The summed E-state index contributed by atoms with van der Waals surface area (Å²) >= 11 is 0. The molecule has 1 unspecified atom stereocenters. The summed E-state index contributed by atoms with van der Waals surface area (Å²) in [4.78, 5) is 2.34. The summed E-state index contributed by atoms with van der Waals surface area (Å²) in [5, 5.41) is 0. The van der Waals surface area contributed by atoms with Gasteiger partial charge >= 0.3 is 0 Å². The van der Waals surface area contributed by atoms with E-state index in [1.807, 2.05) is 0 Å². The van der Waals surface area contributed by atoms with Gasteiger partial charge < -0.3 is 5.73 Å². The van der Waals surface area contributed by atoms with Crippen molar-refractivity contribution in [3.8, 4) is 0 Å². The maximum absolute atomic E-state index is 5.70. The van der Waals surface area contributed by atoms with Gasteiger partial charge in [0, 0.05) is 19.1 Å². The zero-order valence-corrected chi connectivity index (χ0v) is 11.5. The molecule has 19 heavy (non-hydrogen) atoms. The number of benzene rings is 2. The van der Waals surface area contributed by atoms with E-state index < -0.39 is 0 Å². The lowest BCUT2D eigenvalue weighted by molar-refractivity contribution is 0.250. The number of nitrogens with two attached hydrogens (primary N) is 1. The van der Waals surface area contributed by atoms with Crippen LogP contribution in [0.4, 0.5) is 0 Å². The van der Waals surface area contributed by atoms with E-state index in [0.29, 0.717) is 12.6 Å². The summed E-state index contributed by atoms with van der Waals surface area (Å²) < 4.78 is 0. The summed E-state index contributed by atoms with van der Waals surface area (Å²) in [6, 6.07) is 21.7. The van der Waals surface area contributed by atoms with E-state index in [4.69, 9.17) is 5.73 Å². The largest absolute Gasteiger partial charge is 0.329 e. The molecule has 2 aromatic rings. The van der Waals surface area contributed by atoms with Gasteiger partial charge in [0.1, 0.15) is 0 Å². The van der Waals surface area contributed by atoms with Crippen molar-refractivity contribution in [3.63, 3.8) is 0 Å². The van der Waals surface area contributed by atoms with Crippen LogP contribution in [0.25, 0.3) is 0 Å². The van der Waals surface area contributed by atoms with Crippen molar-refractivity contribution < 1.29 is 0 Å². The fourth-order valence-corrected chi connectivity index (χ4v) is 2.40. The molecule has 0 amide bonds. The van der Waals surface area contributed by atoms with Crippen molar-refractivity contribution >= 4 is 0 Å². The Balaban J connectivity index is 2.20. The van der Waals surface area contributed by atoms with E-state index in [2.05, 4.69) is 72.6 Å². The van der Waals surface area contributed by atoms with Crippen LogP contribution in [0.2, 0.25) is 0 Å². The Labute approximate surface area is 115 Å². The van der Waals surface area contributed by atoms with Crippen LogP contribution in [0.15, 0.2) is 60.7 Å². The van der Waals surface area contributed by atoms with Gasteiger partial charge in [-0.25, -0.2) is 0 Å². The summed E-state index contributed by atoms with van der Waals surface area (Å²) in [7, 11) is 2.15. The molecule has 100 valence electrons. The summed E-state index contributed by atoms with van der Waals surface area (Å²) in [5.41, 5.74) is 8.41. The van der Waals surface area contributed by atoms with E-state index in [1.165, 1.54) is 11.1 Å². The average molecular weight is 254 g/mol. The smallest absolute Gasteiger partial charge is 0.0385 e. The number of nitrogens with zero attached hydrogens (tertiary/aromatic N) is 1. The van der Waals surface area contributed by atoms with Gasteiger partial charge in [0.05, 0.1) is 0 Å². The molecular weight excluding hydrogens is 232 g/mol. The predicted octanol–water partition coefficient (Wildman–Crippen LogP) is 2.86. The fraction of sp³-hybridized carbons (Fsp3) is 0.294.